The van der Waals surface area contributed by atoms with Crippen molar-refractivity contribution in [1.29, 1.82) is 0 Å². The Bertz CT molecular complexity index is 482. The molecule has 0 bridgehead atoms. The zero-order chi connectivity index (χ0) is 15.8. The van der Waals surface area contributed by atoms with Crippen LogP contribution in [0.4, 0.5) is 0 Å². The van der Waals surface area contributed by atoms with Gasteiger partial charge in [-0.1, -0.05) is 30.3 Å². The van der Waals surface area contributed by atoms with Crippen LogP contribution in [0, 0.1) is 5.92 Å². The minimum Gasteiger partial charge on any atom is -0.369 e. The largest absolute Gasteiger partial charge is 0.369 e. The number of benzene rings is 1. The third-order valence-electron chi connectivity index (χ3n) is 4.22. The highest BCUT2D eigenvalue weighted by Crippen LogP contribution is 2.16. The van der Waals surface area contributed by atoms with Crippen LogP contribution in [0.3, 0.4) is 0 Å². The van der Waals surface area contributed by atoms with Crippen molar-refractivity contribution < 1.29 is 9.59 Å². The fraction of sp³-hybridized carbons (Fsp3) is 0.529. The number of likely N-dealkylation sites (tertiary alicyclic amines) is 1. The molecule has 0 radical (unpaired) electrons. The molecule has 0 aromatic heterocycles. The summed E-state index contributed by atoms with van der Waals surface area (Å²) in [6, 6.07) is 10.1. The summed E-state index contributed by atoms with van der Waals surface area (Å²) in [6.07, 6.45) is 2.99. The number of amides is 2. The summed E-state index contributed by atoms with van der Waals surface area (Å²) in [6.45, 7) is 3.13. The van der Waals surface area contributed by atoms with E-state index in [0.717, 1.165) is 38.9 Å². The number of hydrogen-bond acceptors (Lipinski definition) is 3. The van der Waals surface area contributed by atoms with Gasteiger partial charge in [0, 0.05) is 25.4 Å². The topological polar surface area (TPSA) is 75.4 Å². The summed E-state index contributed by atoms with van der Waals surface area (Å²) in [4.78, 5) is 25.2. The lowest BCUT2D eigenvalue weighted by Gasteiger charge is -2.30. The fourth-order valence-electron chi connectivity index (χ4n) is 2.78. The van der Waals surface area contributed by atoms with E-state index < -0.39 is 0 Å². The lowest BCUT2D eigenvalue weighted by Crippen LogP contribution is -2.40. The second-order valence-corrected chi connectivity index (χ2v) is 5.85. The number of nitrogens with one attached hydrogen (secondary N) is 1. The molecule has 2 rings (SSSR count). The fourth-order valence-corrected chi connectivity index (χ4v) is 2.78. The van der Waals surface area contributed by atoms with Crippen molar-refractivity contribution in [1.82, 2.24) is 10.2 Å². The number of carbonyl (C=O) groups excluding carboxylic acids is 2. The molecule has 2 amide bonds. The monoisotopic (exact) mass is 303 g/mol. The molecule has 1 aromatic carbocycles. The lowest BCUT2D eigenvalue weighted by atomic mass is 9.96. The second kappa shape index (κ2) is 8.54. The van der Waals surface area contributed by atoms with Gasteiger partial charge in [0.25, 0.3) is 0 Å². The van der Waals surface area contributed by atoms with Crippen molar-refractivity contribution >= 4 is 11.8 Å². The quantitative estimate of drug-likeness (QED) is 0.787. The van der Waals surface area contributed by atoms with Crippen LogP contribution in [0.2, 0.25) is 0 Å². The van der Waals surface area contributed by atoms with E-state index in [1.165, 1.54) is 5.56 Å². The van der Waals surface area contributed by atoms with Crippen LogP contribution in [0.25, 0.3) is 0 Å². The predicted octanol–water partition coefficient (Wildman–Crippen LogP) is 0.933. The van der Waals surface area contributed by atoms with Crippen molar-refractivity contribution in [2.45, 2.75) is 25.7 Å². The van der Waals surface area contributed by atoms with E-state index in [2.05, 4.69) is 22.3 Å². The van der Waals surface area contributed by atoms with Crippen LogP contribution in [0.5, 0.6) is 0 Å². The summed E-state index contributed by atoms with van der Waals surface area (Å²) in [5, 5.41) is 2.96. The van der Waals surface area contributed by atoms with Gasteiger partial charge in [-0.2, -0.15) is 0 Å². The first-order chi connectivity index (χ1) is 10.6. The first-order valence-corrected chi connectivity index (χ1v) is 7.97. The standard InChI is InChI=1S/C17H25N3O2/c18-17(22)15-7-11-20(12-8-15)13-9-16(21)19-10-6-14-4-2-1-3-5-14/h1-5,15H,6-13H2,(H2,18,22)(H,19,21). The van der Waals surface area contributed by atoms with E-state index >= 15 is 0 Å². The number of piperidine rings is 1. The summed E-state index contributed by atoms with van der Waals surface area (Å²) < 4.78 is 0. The van der Waals surface area contributed by atoms with E-state index in [-0.39, 0.29) is 17.7 Å². The third-order valence-corrected chi connectivity index (χ3v) is 4.22. The molecule has 0 atom stereocenters. The maximum Gasteiger partial charge on any atom is 0.221 e. The normalized spacial score (nSPS) is 16.4. The number of nitrogens with zero attached hydrogens (tertiary/aromatic N) is 1. The molecule has 1 aliphatic heterocycles. The molecule has 1 saturated heterocycles. The number of nitrogens with two attached hydrogens (primary N) is 1. The molecular formula is C17H25N3O2. The average Bonchev–Trinajstić information content (AvgIpc) is 2.54. The van der Waals surface area contributed by atoms with Gasteiger partial charge in [-0.15, -0.1) is 0 Å². The first kappa shape index (κ1) is 16.5. The molecule has 3 N–H and O–H groups in total. The van der Waals surface area contributed by atoms with Gasteiger partial charge in [-0.25, -0.2) is 0 Å². The molecule has 5 nitrogen and oxygen atoms in total. The summed E-state index contributed by atoms with van der Waals surface area (Å²) >= 11 is 0. The van der Waals surface area contributed by atoms with Gasteiger partial charge in [0.15, 0.2) is 0 Å². The molecule has 1 fully saturated rings. The molecule has 0 aliphatic carbocycles. The number of primary amides is 1. The highest BCUT2D eigenvalue weighted by molar-refractivity contribution is 5.77. The summed E-state index contributed by atoms with van der Waals surface area (Å²) in [7, 11) is 0. The Hall–Kier alpha value is -1.88. The Labute approximate surface area is 131 Å². The highest BCUT2D eigenvalue weighted by atomic mass is 16.2. The van der Waals surface area contributed by atoms with Gasteiger partial charge in [-0.05, 0) is 37.9 Å². The Kier molecular flexibility index (Phi) is 6.40. The van der Waals surface area contributed by atoms with Crippen molar-refractivity contribution in [3.05, 3.63) is 35.9 Å². The molecule has 1 aromatic rings. The molecule has 0 spiro atoms. The van der Waals surface area contributed by atoms with E-state index in [4.69, 9.17) is 5.73 Å². The molecule has 120 valence electrons. The molecule has 5 heteroatoms. The van der Waals surface area contributed by atoms with Crippen LogP contribution in [-0.4, -0.2) is 42.9 Å². The molecule has 22 heavy (non-hydrogen) atoms. The van der Waals surface area contributed by atoms with Gasteiger partial charge < -0.3 is 16.0 Å². The zero-order valence-corrected chi connectivity index (χ0v) is 13.0. The zero-order valence-electron chi connectivity index (χ0n) is 13.0. The van der Waals surface area contributed by atoms with Crippen LogP contribution < -0.4 is 11.1 Å². The number of rotatable bonds is 7. The van der Waals surface area contributed by atoms with Crippen LogP contribution in [0.15, 0.2) is 30.3 Å². The van der Waals surface area contributed by atoms with E-state index in [1.54, 1.807) is 0 Å². The molecule has 0 saturated carbocycles. The summed E-state index contributed by atoms with van der Waals surface area (Å²) in [5.74, 6) is -0.0952. The second-order valence-electron chi connectivity index (χ2n) is 5.85. The van der Waals surface area contributed by atoms with Crippen molar-refractivity contribution in [3.63, 3.8) is 0 Å². The van der Waals surface area contributed by atoms with Gasteiger partial charge in [0.05, 0.1) is 0 Å². The van der Waals surface area contributed by atoms with Gasteiger partial charge in [0.1, 0.15) is 0 Å². The molecule has 1 heterocycles. The average molecular weight is 303 g/mol. The van der Waals surface area contributed by atoms with E-state index in [0.29, 0.717) is 13.0 Å². The molecule has 0 unspecified atom stereocenters. The van der Waals surface area contributed by atoms with Crippen LogP contribution in [0.1, 0.15) is 24.8 Å². The molecular weight excluding hydrogens is 278 g/mol. The van der Waals surface area contributed by atoms with Crippen molar-refractivity contribution in [2.24, 2.45) is 11.7 Å². The minimum absolute atomic E-state index is 0.0101. The predicted molar refractivity (Wildman–Crippen MR) is 86.1 cm³/mol. The van der Waals surface area contributed by atoms with Crippen LogP contribution in [-0.2, 0) is 16.0 Å². The van der Waals surface area contributed by atoms with Crippen molar-refractivity contribution in [2.75, 3.05) is 26.2 Å². The van der Waals surface area contributed by atoms with E-state index in [1.807, 2.05) is 18.2 Å². The molecule has 1 aliphatic rings. The minimum atomic E-state index is -0.196. The maximum atomic E-state index is 11.8. The maximum absolute atomic E-state index is 11.8. The van der Waals surface area contributed by atoms with Crippen molar-refractivity contribution in [3.8, 4) is 0 Å². The summed E-state index contributed by atoms with van der Waals surface area (Å²) in [5.41, 5.74) is 6.55. The highest BCUT2D eigenvalue weighted by Gasteiger charge is 2.22. The van der Waals surface area contributed by atoms with Crippen LogP contribution >= 0.6 is 0 Å². The van der Waals surface area contributed by atoms with E-state index in [9.17, 15) is 9.59 Å². The SMILES string of the molecule is NC(=O)C1CCN(CCC(=O)NCCc2ccccc2)CC1. The number of carbonyl (C=O) groups is 2. The number of hydrogen-bond donors (Lipinski definition) is 2. The van der Waals surface area contributed by atoms with Gasteiger partial charge in [-0.3, -0.25) is 9.59 Å². The Balaban J connectivity index is 1.57. The Morgan fingerprint density at radius 3 is 2.50 bits per heavy atom. The van der Waals surface area contributed by atoms with Gasteiger partial charge >= 0.3 is 0 Å². The third kappa shape index (κ3) is 5.48. The Morgan fingerprint density at radius 2 is 1.86 bits per heavy atom. The Morgan fingerprint density at radius 1 is 1.18 bits per heavy atom. The smallest absolute Gasteiger partial charge is 0.221 e. The lowest BCUT2D eigenvalue weighted by molar-refractivity contribution is -0.124. The first-order valence-electron chi connectivity index (χ1n) is 7.97. The van der Waals surface area contributed by atoms with Gasteiger partial charge in [0.2, 0.25) is 11.8 Å².